The zero-order chi connectivity index (χ0) is 22.5. The number of piperazine rings is 1. The molecular weight excluding hydrogens is 426 g/mol. The van der Waals surface area contributed by atoms with Crippen LogP contribution in [0.4, 0.5) is 0 Å². The van der Waals surface area contributed by atoms with Crippen LogP contribution in [0.5, 0.6) is 0 Å². The fraction of sp³-hybridized carbons (Fsp3) is 0.500. The zero-order valence-corrected chi connectivity index (χ0v) is 19.3. The number of aryl methyl sites for hydroxylation is 2. The van der Waals surface area contributed by atoms with Crippen LogP contribution in [-0.4, -0.2) is 61.8 Å². The van der Waals surface area contributed by atoms with E-state index >= 15 is 0 Å². The highest BCUT2D eigenvalue weighted by Gasteiger charge is 2.23. The molecule has 4 heterocycles. The Labute approximate surface area is 191 Å². The third-order valence-electron chi connectivity index (χ3n) is 5.89. The summed E-state index contributed by atoms with van der Waals surface area (Å²) in [7, 11) is 0. The molecule has 0 atom stereocenters. The second kappa shape index (κ2) is 10.1. The monoisotopic (exact) mass is 453 g/mol. The highest BCUT2D eigenvalue weighted by molar-refractivity contribution is 7.08. The van der Waals surface area contributed by atoms with Crippen LogP contribution in [0.1, 0.15) is 35.7 Å². The molecule has 1 aliphatic heterocycles. The van der Waals surface area contributed by atoms with Gasteiger partial charge in [-0.05, 0) is 37.3 Å². The van der Waals surface area contributed by atoms with Crippen LogP contribution in [0.25, 0.3) is 11.4 Å². The van der Waals surface area contributed by atoms with Crippen molar-refractivity contribution in [1.82, 2.24) is 29.7 Å². The van der Waals surface area contributed by atoms with Crippen LogP contribution in [0.3, 0.4) is 0 Å². The molecule has 4 rings (SSSR count). The summed E-state index contributed by atoms with van der Waals surface area (Å²) in [6.45, 7) is 8.13. The minimum Gasteiger partial charge on any atom is -0.340 e. The van der Waals surface area contributed by atoms with Gasteiger partial charge in [0.1, 0.15) is 0 Å². The average Bonchev–Trinajstić information content (AvgIpc) is 3.53. The van der Waals surface area contributed by atoms with Crippen LogP contribution >= 0.6 is 11.3 Å². The summed E-state index contributed by atoms with van der Waals surface area (Å²) in [5, 5.41) is 21.4. The van der Waals surface area contributed by atoms with Gasteiger partial charge in [-0.2, -0.15) is 26.7 Å². The third-order valence-corrected chi connectivity index (χ3v) is 6.57. The van der Waals surface area contributed by atoms with Crippen molar-refractivity contribution in [1.29, 1.82) is 5.26 Å². The first kappa shape index (κ1) is 22.2. The van der Waals surface area contributed by atoms with E-state index in [2.05, 4.69) is 26.2 Å². The van der Waals surface area contributed by atoms with Gasteiger partial charge >= 0.3 is 0 Å². The van der Waals surface area contributed by atoms with Crippen LogP contribution in [0.15, 0.2) is 21.3 Å². The Morgan fingerprint density at radius 2 is 2.09 bits per heavy atom. The van der Waals surface area contributed by atoms with E-state index in [9.17, 15) is 4.79 Å². The van der Waals surface area contributed by atoms with Crippen molar-refractivity contribution in [2.24, 2.45) is 0 Å². The Balaban J connectivity index is 1.24. The van der Waals surface area contributed by atoms with Gasteiger partial charge in [-0.1, -0.05) is 5.16 Å². The number of carbonyl (C=O) groups is 1. The van der Waals surface area contributed by atoms with Gasteiger partial charge in [-0.3, -0.25) is 14.4 Å². The van der Waals surface area contributed by atoms with Gasteiger partial charge in [-0.15, -0.1) is 0 Å². The number of nitriles is 1. The number of nitrogens with zero attached hydrogens (tertiary/aromatic N) is 7. The molecule has 0 aromatic carbocycles. The summed E-state index contributed by atoms with van der Waals surface area (Å²) in [6, 6.07) is 4.13. The van der Waals surface area contributed by atoms with Crippen molar-refractivity contribution in [3.8, 4) is 17.5 Å². The standard InChI is InChI=1S/C22H27N7O2S/c1-16-19(17(2)29(25-16)8-3-7-23)4-5-21(30)28-11-9-27(10-12-28)14-20-24-22(26-31-20)18-6-13-32-15-18/h6,13,15H,3-5,8-12,14H2,1-2H3. The lowest BCUT2D eigenvalue weighted by molar-refractivity contribution is -0.133. The van der Waals surface area contributed by atoms with Crippen molar-refractivity contribution in [2.45, 2.75) is 46.2 Å². The highest BCUT2D eigenvalue weighted by Crippen LogP contribution is 2.20. The maximum atomic E-state index is 12.8. The first-order chi connectivity index (χ1) is 15.5. The van der Waals surface area contributed by atoms with Crippen molar-refractivity contribution in [2.75, 3.05) is 26.2 Å². The molecule has 3 aromatic rings. The maximum Gasteiger partial charge on any atom is 0.241 e. The Kier molecular flexibility index (Phi) is 6.97. The molecule has 10 heteroatoms. The Hall–Kier alpha value is -3.03. The summed E-state index contributed by atoms with van der Waals surface area (Å²) < 4.78 is 7.27. The molecule has 0 saturated carbocycles. The third kappa shape index (κ3) is 5.06. The van der Waals surface area contributed by atoms with Crippen molar-refractivity contribution >= 4 is 17.2 Å². The molecule has 0 radical (unpaired) electrons. The van der Waals surface area contributed by atoms with Crippen LogP contribution in [-0.2, 0) is 24.3 Å². The predicted octanol–water partition coefficient (Wildman–Crippen LogP) is 2.80. The lowest BCUT2D eigenvalue weighted by atomic mass is 10.1. The SMILES string of the molecule is Cc1nn(CCC#N)c(C)c1CCC(=O)N1CCN(Cc2nc(-c3ccsc3)no2)CC1. The van der Waals surface area contributed by atoms with E-state index < -0.39 is 0 Å². The molecular formula is C22H27N7O2S. The lowest BCUT2D eigenvalue weighted by Gasteiger charge is -2.34. The molecule has 9 nitrogen and oxygen atoms in total. The van der Waals surface area contributed by atoms with Gasteiger partial charge in [0.25, 0.3) is 0 Å². The predicted molar refractivity (Wildman–Crippen MR) is 120 cm³/mol. The van der Waals surface area contributed by atoms with Gasteiger partial charge < -0.3 is 9.42 Å². The van der Waals surface area contributed by atoms with E-state index in [1.54, 1.807) is 11.3 Å². The fourth-order valence-corrected chi connectivity index (χ4v) is 4.67. The molecule has 1 aliphatic rings. The number of rotatable bonds is 8. The van der Waals surface area contributed by atoms with Gasteiger partial charge in [0.2, 0.25) is 17.6 Å². The van der Waals surface area contributed by atoms with E-state index in [4.69, 9.17) is 9.78 Å². The first-order valence-electron chi connectivity index (χ1n) is 10.8. The quantitative estimate of drug-likeness (QED) is 0.516. The maximum absolute atomic E-state index is 12.8. The molecule has 32 heavy (non-hydrogen) atoms. The van der Waals surface area contributed by atoms with Gasteiger partial charge in [-0.25, -0.2) is 0 Å². The largest absolute Gasteiger partial charge is 0.340 e. The summed E-state index contributed by atoms with van der Waals surface area (Å²) in [5.41, 5.74) is 4.09. The normalized spacial score (nSPS) is 14.6. The molecule has 0 aliphatic carbocycles. The van der Waals surface area contributed by atoms with Gasteiger partial charge in [0, 0.05) is 49.2 Å². The number of aromatic nitrogens is 4. The van der Waals surface area contributed by atoms with Crippen molar-refractivity contribution < 1.29 is 9.32 Å². The number of carbonyl (C=O) groups excluding carboxylic acids is 1. The lowest BCUT2D eigenvalue weighted by Crippen LogP contribution is -2.48. The minimum absolute atomic E-state index is 0.172. The zero-order valence-electron chi connectivity index (χ0n) is 18.5. The summed E-state index contributed by atoms with van der Waals surface area (Å²) in [5.74, 6) is 1.40. The summed E-state index contributed by atoms with van der Waals surface area (Å²) in [4.78, 5) is 21.4. The van der Waals surface area contributed by atoms with Crippen LogP contribution in [0, 0.1) is 25.2 Å². The van der Waals surface area contributed by atoms with Crippen molar-refractivity contribution in [3.63, 3.8) is 0 Å². The van der Waals surface area contributed by atoms with Gasteiger partial charge in [0.15, 0.2) is 0 Å². The number of thiophene rings is 1. The molecule has 1 amide bonds. The Bertz CT molecular complexity index is 1090. The number of hydrogen-bond acceptors (Lipinski definition) is 8. The summed E-state index contributed by atoms with van der Waals surface area (Å²) in [6.07, 6.45) is 1.58. The van der Waals surface area contributed by atoms with Gasteiger partial charge in [0.05, 0.1) is 31.3 Å². The molecule has 3 aromatic heterocycles. The van der Waals surface area contributed by atoms with Crippen LogP contribution in [0.2, 0.25) is 0 Å². The van der Waals surface area contributed by atoms with E-state index in [0.29, 0.717) is 57.2 Å². The van der Waals surface area contributed by atoms with E-state index in [1.165, 1.54) is 0 Å². The first-order valence-corrected chi connectivity index (χ1v) is 11.7. The summed E-state index contributed by atoms with van der Waals surface area (Å²) >= 11 is 1.60. The molecule has 1 fully saturated rings. The molecule has 168 valence electrons. The van der Waals surface area contributed by atoms with Crippen molar-refractivity contribution in [3.05, 3.63) is 39.7 Å². The Morgan fingerprint density at radius 3 is 2.81 bits per heavy atom. The number of amides is 1. The minimum atomic E-state index is 0.172. The second-order valence-electron chi connectivity index (χ2n) is 7.96. The van der Waals surface area contributed by atoms with E-state index in [-0.39, 0.29) is 5.91 Å². The molecule has 0 bridgehead atoms. The Morgan fingerprint density at radius 1 is 1.28 bits per heavy atom. The molecule has 0 N–H and O–H groups in total. The van der Waals surface area contributed by atoms with E-state index in [0.717, 1.165) is 35.6 Å². The fourth-order valence-electron chi connectivity index (χ4n) is 4.03. The average molecular weight is 454 g/mol. The smallest absolute Gasteiger partial charge is 0.241 e. The van der Waals surface area contributed by atoms with E-state index in [1.807, 2.05) is 40.3 Å². The molecule has 1 saturated heterocycles. The second-order valence-corrected chi connectivity index (χ2v) is 8.74. The highest BCUT2D eigenvalue weighted by atomic mass is 32.1. The van der Waals surface area contributed by atoms with Crippen LogP contribution < -0.4 is 0 Å². The topological polar surface area (TPSA) is 104 Å². The molecule has 0 spiro atoms. The number of hydrogen-bond donors (Lipinski definition) is 0. The molecule has 0 unspecified atom stereocenters.